The van der Waals surface area contributed by atoms with Crippen LogP contribution in [0, 0.1) is 17.3 Å². The van der Waals surface area contributed by atoms with E-state index in [1.165, 1.54) is 19.2 Å². The second-order valence-electron chi connectivity index (χ2n) is 6.47. The van der Waals surface area contributed by atoms with Gasteiger partial charge in [-0.15, -0.1) is 5.26 Å². The zero-order chi connectivity index (χ0) is 21.5. The number of halogens is 1. The summed E-state index contributed by atoms with van der Waals surface area (Å²) in [5.41, 5.74) is 10.0. The topological polar surface area (TPSA) is 93.5 Å². The molecule has 2 aromatic carbocycles. The Bertz CT molecular complexity index is 1090. The Morgan fingerprint density at radius 3 is 2.53 bits per heavy atom. The first-order chi connectivity index (χ1) is 14.5. The summed E-state index contributed by atoms with van der Waals surface area (Å²) in [6.45, 7) is 2.36. The van der Waals surface area contributed by atoms with Gasteiger partial charge in [-0.2, -0.15) is 0 Å². The molecule has 0 fully saturated rings. The maximum absolute atomic E-state index is 13.3. The van der Waals surface area contributed by atoms with Crippen LogP contribution in [0.2, 0.25) is 0 Å². The highest BCUT2D eigenvalue weighted by atomic mass is 19.1. The van der Waals surface area contributed by atoms with Crippen molar-refractivity contribution in [2.45, 2.75) is 19.9 Å². The summed E-state index contributed by atoms with van der Waals surface area (Å²) in [5.74, 6) is 0.341. The van der Waals surface area contributed by atoms with E-state index >= 15 is 0 Å². The number of rotatable bonds is 7. The van der Waals surface area contributed by atoms with Crippen LogP contribution in [0.15, 0.2) is 59.7 Å². The van der Waals surface area contributed by atoms with Crippen molar-refractivity contribution in [3.63, 3.8) is 0 Å². The first kappa shape index (κ1) is 20.8. The number of nitrogens with two attached hydrogens (primary N) is 1. The Kier molecular flexibility index (Phi) is 6.60. The van der Waals surface area contributed by atoms with Crippen molar-refractivity contribution in [1.29, 1.82) is 5.26 Å². The SMILES string of the molecule is CCc1ccc(CN=C(N)c2cc(-c3ccc(F)cc3)cc(OC)c2OC#N)cn1. The number of nitriles is 1. The van der Waals surface area contributed by atoms with Crippen LogP contribution in [0.3, 0.4) is 0 Å². The predicted molar refractivity (Wildman–Crippen MR) is 113 cm³/mol. The molecule has 0 aliphatic heterocycles. The lowest BCUT2D eigenvalue weighted by molar-refractivity contribution is 0.384. The van der Waals surface area contributed by atoms with Gasteiger partial charge in [-0.1, -0.05) is 25.1 Å². The van der Waals surface area contributed by atoms with Gasteiger partial charge in [0.25, 0.3) is 6.26 Å². The van der Waals surface area contributed by atoms with Gasteiger partial charge in [-0.25, -0.2) is 4.39 Å². The van der Waals surface area contributed by atoms with Crippen LogP contribution in [0.5, 0.6) is 11.5 Å². The fourth-order valence-corrected chi connectivity index (χ4v) is 2.92. The van der Waals surface area contributed by atoms with E-state index in [1.54, 1.807) is 36.7 Å². The Balaban J connectivity index is 2.01. The molecule has 0 atom stereocenters. The van der Waals surface area contributed by atoms with Gasteiger partial charge in [-0.3, -0.25) is 9.98 Å². The quantitative estimate of drug-likeness (QED) is 0.361. The normalized spacial score (nSPS) is 11.1. The highest BCUT2D eigenvalue weighted by molar-refractivity contribution is 6.02. The fraction of sp³-hybridized carbons (Fsp3) is 0.174. The van der Waals surface area contributed by atoms with Crippen molar-refractivity contribution in [2.24, 2.45) is 10.7 Å². The van der Waals surface area contributed by atoms with Gasteiger partial charge in [-0.05, 0) is 53.4 Å². The molecule has 152 valence electrons. The number of aliphatic imine (C=N–C) groups is 1. The molecule has 0 radical (unpaired) electrons. The van der Waals surface area contributed by atoms with Crippen LogP contribution in [0.1, 0.15) is 23.7 Å². The molecule has 1 aromatic heterocycles. The molecule has 0 saturated heterocycles. The van der Waals surface area contributed by atoms with Gasteiger partial charge >= 0.3 is 0 Å². The number of ether oxygens (including phenoxy) is 2. The first-order valence-corrected chi connectivity index (χ1v) is 9.33. The average Bonchev–Trinajstić information content (AvgIpc) is 2.78. The second-order valence-corrected chi connectivity index (χ2v) is 6.47. The van der Waals surface area contributed by atoms with Gasteiger partial charge in [0.15, 0.2) is 11.5 Å². The van der Waals surface area contributed by atoms with E-state index in [-0.39, 0.29) is 17.4 Å². The maximum Gasteiger partial charge on any atom is 0.292 e. The Labute approximate surface area is 174 Å². The van der Waals surface area contributed by atoms with Crippen LogP contribution >= 0.6 is 0 Å². The molecule has 7 heteroatoms. The molecule has 2 N–H and O–H groups in total. The van der Waals surface area contributed by atoms with E-state index in [0.717, 1.165) is 28.8 Å². The van der Waals surface area contributed by atoms with Gasteiger partial charge in [0.05, 0.1) is 19.2 Å². The number of aromatic nitrogens is 1. The van der Waals surface area contributed by atoms with Crippen LogP contribution in [0.25, 0.3) is 11.1 Å². The van der Waals surface area contributed by atoms with E-state index in [2.05, 4.69) is 9.98 Å². The monoisotopic (exact) mass is 404 g/mol. The number of aryl methyl sites for hydroxylation is 1. The molecule has 0 bridgehead atoms. The molecule has 3 aromatic rings. The van der Waals surface area contributed by atoms with Crippen LogP contribution < -0.4 is 15.2 Å². The number of methoxy groups -OCH3 is 1. The summed E-state index contributed by atoms with van der Waals surface area (Å²) in [7, 11) is 1.46. The van der Waals surface area contributed by atoms with E-state index in [1.807, 2.05) is 19.1 Å². The minimum absolute atomic E-state index is 0.173. The molecule has 0 saturated carbocycles. The third-order valence-corrected chi connectivity index (χ3v) is 4.56. The van der Waals surface area contributed by atoms with E-state index in [0.29, 0.717) is 17.9 Å². The molecule has 1 heterocycles. The molecule has 30 heavy (non-hydrogen) atoms. The van der Waals surface area contributed by atoms with Crippen molar-refractivity contribution in [3.8, 4) is 28.9 Å². The van der Waals surface area contributed by atoms with Crippen molar-refractivity contribution in [3.05, 3.63) is 77.4 Å². The second kappa shape index (κ2) is 9.52. The number of benzene rings is 2. The van der Waals surface area contributed by atoms with E-state index in [4.69, 9.17) is 20.5 Å². The maximum atomic E-state index is 13.3. The fourth-order valence-electron chi connectivity index (χ4n) is 2.92. The highest BCUT2D eigenvalue weighted by Gasteiger charge is 2.17. The van der Waals surface area contributed by atoms with Gasteiger partial charge in [0.2, 0.25) is 0 Å². The minimum Gasteiger partial charge on any atom is -0.493 e. The zero-order valence-corrected chi connectivity index (χ0v) is 16.7. The first-order valence-electron chi connectivity index (χ1n) is 9.33. The molecular formula is C23H21FN4O2. The van der Waals surface area contributed by atoms with Crippen molar-refractivity contribution in [2.75, 3.05) is 7.11 Å². The number of amidine groups is 1. The Morgan fingerprint density at radius 2 is 1.93 bits per heavy atom. The highest BCUT2D eigenvalue weighted by Crippen LogP contribution is 2.36. The molecular weight excluding hydrogens is 383 g/mol. The lowest BCUT2D eigenvalue weighted by atomic mass is 10.0. The molecule has 0 unspecified atom stereocenters. The smallest absolute Gasteiger partial charge is 0.292 e. The summed E-state index contributed by atoms with van der Waals surface area (Å²) in [5, 5.41) is 9.06. The summed E-state index contributed by atoms with van der Waals surface area (Å²) in [6, 6.07) is 13.4. The van der Waals surface area contributed by atoms with Crippen molar-refractivity contribution in [1.82, 2.24) is 4.98 Å². The molecule has 3 rings (SSSR count). The van der Waals surface area contributed by atoms with Gasteiger partial charge in [0, 0.05) is 11.9 Å². The zero-order valence-electron chi connectivity index (χ0n) is 16.7. The van der Waals surface area contributed by atoms with Crippen molar-refractivity contribution >= 4 is 5.84 Å². The van der Waals surface area contributed by atoms with E-state index < -0.39 is 0 Å². The average molecular weight is 404 g/mol. The summed E-state index contributed by atoms with van der Waals surface area (Å²) < 4.78 is 23.8. The van der Waals surface area contributed by atoms with Crippen LogP contribution in [-0.4, -0.2) is 17.9 Å². The van der Waals surface area contributed by atoms with Gasteiger partial charge < -0.3 is 15.2 Å². The third kappa shape index (κ3) is 4.73. The lowest BCUT2D eigenvalue weighted by Gasteiger charge is -2.14. The molecule has 6 nitrogen and oxygen atoms in total. The minimum atomic E-state index is -0.334. The largest absolute Gasteiger partial charge is 0.493 e. The van der Waals surface area contributed by atoms with Crippen molar-refractivity contribution < 1.29 is 13.9 Å². The molecule has 0 spiro atoms. The molecule has 0 amide bonds. The van der Waals surface area contributed by atoms with E-state index in [9.17, 15) is 4.39 Å². The Hall–Kier alpha value is -3.92. The summed E-state index contributed by atoms with van der Waals surface area (Å²) >= 11 is 0. The number of pyridine rings is 1. The summed E-state index contributed by atoms with van der Waals surface area (Å²) in [4.78, 5) is 8.79. The van der Waals surface area contributed by atoms with Crippen LogP contribution in [0.4, 0.5) is 4.39 Å². The third-order valence-electron chi connectivity index (χ3n) is 4.56. The Morgan fingerprint density at radius 1 is 1.17 bits per heavy atom. The standard InChI is InChI=1S/C23H21FN4O2/c1-3-19-9-4-15(12-27-19)13-28-23(26)20-10-17(16-5-7-18(24)8-6-16)11-21(29-2)22(20)30-14-25/h4-12H,3,13H2,1-2H3,(H2,26,28). The number of hydrogen-bond donors (Lipinski definition) is 1. The molecule has 0 aliphatic carbocycles. The number of hydrogen-bond acceptors (Lipinski definition) is 5. The van der Waals surface area contributed by atoms with Crippen LogP contribution in [-0.2, 0) is 13.0 Å². The number of nitrogens with zero attached hydrogens (tertiary/aromatic N) is 3. The predicted octanol–water partition coefficient (Wildman–Crippen LogP) is 4.22. The van der Waals surface area contributed by atoms with Gasteiger partial charge in [0.1, 0.15) is 11.7 Å². The molecule has 0 aliphatic rings. The summed E-state index contributed by atoms with van der Waals surface area (Å²) in [6.07, 6.45) is 4.28. The lowest BCUT2D eigenvalue weighted by Crippen LogP contribution is -2.15.